The van der Waals surface area contributed by atoms with E-state index in [-0.39, 0.29) is 12.4 Å². The van der Waals surface area contributed by atoms with E-state index >= 15 is 0 Å². The summed E-state index contributed by atoms with van der Waals surface area (Å²) in [5.41, 5.74) is 2.28. The number of hydrogen-bond acceptors (Lipinski definition) is 5. The predicted molar refractivity (Wildman–Crippen MR) is 118 cm³/mol. The maximum Gasteiger partial charge on any atom is 0.290 e. The van der Waals surface area contributed by atoms with Crippen molar-refractivity contribution in [1.29, 1.82) is 0 Å². The van der Waals surface area contributed by atoms with Crippen molar-refractivity contribution in [1.82, 2.24) is 9.80 Å². The van der Waals surface area contributed by atoms with Crippen LogP contribution in [0, 0.1) is 0 Å². The number of ether oxygens (including phenoxy) is 1. The topological polar surface area (TPSA) is 73.3 Å². The molecule has 0 unspecified atom stereocenters. The molecule has 0 radical (unpaired) electrons. The van der Waals surface area contributed by atoms with Gasteiger partial charge in [0, 0.05) is 45.5 Å². The van der Waals surface area contributed by atoms with E-state index in [4.69, 9.17) is 14.6 Å². The Hall–Kier alpha value is -2.90. The van der Waals surface area contributed by atoms with E-state index in [9.17, 15) is 4.79 Å². The average molecular weight is 414 g/mol. The Labute approximate surface area is 178 Å². The molecule has 0 atom stereocenters. The lowest BCUT2D eigenvalue weighted by Crippen LogP contribution is -2.50. The molecule has 1 aliphatic rings. The van der Waals surface area contributed by atoms with Crippen molar-refractivity contribution < 1.29 is 19.4 Å². The van der Waals surface area contributed by atoms with Crippen LogP contribution in [0.4, 0.5) is 5.69 Å². The van der Waals surface area contributed by atoms with Gasteiger partial charge in [0.15, 0.2) is 0 Å². The highest BCUT2D eigenvalue weighted by molar-refractivity contribution is 5.94. The third-order valence-electron chi connectivity index (χ3n) is 5.22. The van der Waals surface area contributed by atoms with Crippen LogP contribution >= 0.6 is 0 Å². The van der Waals surface area contributed by atoms with E-state index in [0.717, 1.165) is 50.6 Å². The molecular weight excluding hydrogens is 382 g/mol. The number of amides is 1. The van der Waals surface area contributed by atoms with Gasteiger partial charge in [-0.2, -0.15) is 0 Å². The number of anilines is 1. The number of carbonyl (C=O) groups is 2. The molecule has 0 aromatic heterocycles. The summed E-state index contributed by atoms with van der Waals surface area (Å²) in [5, 5.41) is 6.89. The summed E-state index contributed by atoms with van der Waals surface area (Å²) in [4.78, 5) is 27.4. The van der Waals surface area contributed by atoms with E-state index < -0.39 is 0 Å². The lowest BCUT2D eigenvalue weighted by atomic mass is 10.1. The summed E-state index contributed by atoms with van der Waals surface area (Å²) in [6.07, 6.45) is 1.04. The molecule has 2 aromatic rings. The SMILES string of the molecule is COc1ccc(CCN2CCN(CC(=O)N(C)c3ccccc3)CC2)cc1.O=CO. The molecule has 162 valence electrons. The van der Waals surface area contributed by atoms with Gasteiger partial charge in [-0.1, -0.05) is 30.3 Å². The van der Waals surface area contributed by atoms with Crippen LogP contribution in [0.25, 0.3) is 0 Å². The number of piperazine rings is 1. The minimum Gasteiger partial charge on any atom is -0.497 e. The van der Waals surface area contributed by atoms with E-state index in [0.29, 0.717) is 6.54 Å². The predicted octanol–water partition coefficient (Wildman–Crippen LogP) is 2.22. The zero-order valence-electron chi connectivity index (χ0n) is 17.7. The first-order valence-electron chi connectivity index (χ1n) is 10.0. The smallest absolute Gasteiger partial charge is 0.290 e. The summed E-state index contributed by atoms with van der Waals surface area (Å²) in [6.45, 7) is 5.20. The Morgan fingerprint density at radius 1 is 1.03 bits per heavy atom. The molecule has 1 amide bonds. The Morgan fingerprint density at radius 3 is 2.17 bits per heavy atom. The Morgan fingerprint density at radius 2 is 1.60 bits per heavy atom. The molecule has 0 saturated carbocycles. The zero-order valence-corrected chi connectivity index (χ0v) is 17.7. The second-order valence-corrected chi connectivity index (χ2v) is 7.11. The molecular formula is C23H31N3O4. The molecule has 2 aromatic carbocycles. The maximum absolute atomic E-state index is 12.5. The number of nitrogens with zero attached hydrogens (tertiary/aromatic N) is 3. The van der Waals surface area contributed by atoms with Crippen LogP contribution in [0.3, 0.4) is 0 Å². The van der Waals surface area contributed by atoms with Crippen molar-refractivity contribution >= 4 is 18.1 Å². The molecule has 1 heterocycles. The van der Waals surface area contributed by atoms with Gasteiger partial charge in [0.1, 0.15) is 5.75 Å². The third-order valence-corrected chi connectivity index (χ3v) is 5.22. The standard InChI is InChI=1S/C22H29N3O2.CH2O2/c1-23(20-6-4-3-5-7-20)22(26)18-25-16-14-24(15-17-25)13-12-19-8-10-21(27-2)11-9-19;2-1-3/h3-11H,12-18H2,1-2H3;1H,(H,2,3). The van der Waals surface area contributed by atoms with Gasteiger partial charge in [-0.05, 0) is 36.2 Å². The van der Waals surface area contributed by atoms with Crippen LogP contribution in [0.2, 0.25) is 0 Å². The van der Waals surface area contributed by atoms with Crippen molar-refractivity contribution in [2.24, 2.45) is 0 Å². The minimum atomic E-state index is -0.250. The Bertz CT molecular complexity index is 760. The van der Waals surface area contributed by atoms with Gasteiger partial charge in [-0.25, -0.2) is 0 Å². The van der Waals surface area contributed by atoms with Crippen molar-refractivity contribution in [3.8, 4) is 5.75 Å². The first-order chi connectivity index (χ1) is 14.6. The number of likely N-dealkylation sites (N-methyl/N-ethyl adjacent to an activating group) is 1. The van der Waals surface area contributed by atoms with Crippen LogP contribution in [-0.4, -0.2) is 80.7 Å². The molecule has 0 bridgehead atoms. The van der Waals surface area contributed by atoms with Gasteiger partial charge in [0.05, 0.1) is 13.7 Å². The molecule has 3 rings (SSSR count). The van der Waals surface area contributed by atoms with E-state index in [1.807, 2.05) is 49.5 Å². The van der Waals surface area contributed by atoms with Gasteiger partial charge in [0.2, 0.25) is 5.91 Å². The fraction of sp³-hybridized carbons (Fsp3) is 0.391. The van der Waals surface area contributed by atoms with Crippen molar-refractivity contribution in [3.63, 3.8) is 0 Å². The first kappa shape index (κ1) is 23.4. The largest absolute Gasteiger partial charge is 0.497 e. The van der Waals surface area contributed by atoms with E-state index in [1.165, 1.54) is 5.56 Å². The highest BCUT2D eigenvalue weighted by Gasteiger charge is 2.20. The second kappa shape index (κ2) is 12.6. The monoisotopic (exact) mass is 413 g/mol. The molecule has 0 aliphatic carbocycles. The normalized spacial score (nSPS) is 14.3. The molecule has 7 nitrogen and oxygen atoms in total. The Balaban J connectivity index is 0.00000101. The summed E-state index contributed by atoms with van der Waals surface area (Å²) >= 11 is 0. The summed E-state index contributed by atoms with van der Waals surface area (Å²) in [6, 6.07) is 18.1. The number of methoxy groups -OCH3 is 1. The van der Waals surface area contributed by atoms with Gasteiger partial charge in [-0.3, -0.25) is 14.5 Å². The maximum atomic E-state index is 12.5. The number of carbonyl (C=O) groups excluding carboxylic acids is 1. The zero-order chi connectivity index (χ0) is 21.8. The number of benzene rings is 2. The summed E-state index contributed by atoms with van der Waals surface area (Å²) in [7, 11) is 3.54. The number of hydrogen-bond donors (Lipinski definition) is 1. The molecule has 30 heavy (non-hydrogen) atoms. The fourth-order valence-electron chi connectivity index (χ4n) is 3.34. The first-order valence-corrected chi connectivity index (χ1v) is 10.0. The van der Waals surface area contributed by atoms with Crippen LogP contribution in [0.1, 0.15) is 5.56 Å². The van der Waals surface area contributed by atoms with Crippen LogP contribution in [-0.2, 0) is 16.0 Å². The average Bonchev–Trinajstić information content (AvgIpc) is 2.79. The molecule has 1 saturated heterocycles. The number of carboxylic acid groups (broad SMARTS) is 1. The number of para-hydroxylation sites is 1. The quantitative estimate of drug-likeness (QED) is 0.702. The van der Waals surface area contributed by atoms with Crippen molar-refractivity contribution in [2.75, 3.05) is 58.3 Å². The lowest BCUT2D eigenvalue weighted by Gasteiger charge is -2.35. The highest BCUT2D eigenvalue weighted by Crippen LogP contribution is 2.14. The van der Waals surface area contributed by atoms with Crippen molar-refractivity contribution in [3.05, 3.63) is 60.2 Å². The van der Waals surface area contributed by atoms with Crippen LogP contribution in [0.15, 0.2) is 54.6 Å². The minimum absolute atomic E-state index is 0.146. The molecule has 7 heteroatoms. The van der Waals surface area contributed by atoms with Crippen LogP contribution in [0.5, 0.6) is 5.75 Å². The molecule has 1 aliphatic heterocycles. The molecule has 0 spiro atoms. The van der Waals surface area contributed by atoms with Gasteiger partial charge in [-0.15, -0.1) is 0 Å². The fourth-order valence-corrected chi connectivity index (χ4v) is 3.34. The second-order valence-electron chi connectivity index (χ2n) is 7.11. The van der Waals surface area contributed by atoms with E-state index in [2.05, 4.69) is 21.9 Å². The number of rotatable bonds is 7. The van der Waals surface area contributed by atoms with Crippen molar-refractivity contribution in [2.45, 2.75) is 6.42 Å². The lowest BCUT2D eigenvalue weighted by molar-refractivity contribution is -0.123. The molecule has 1 N–H and O–H groups in total. The summed E-state index contributed by atoms with van der Waals surface area (Å²) < 4.78 is 5.21. The highest BCUT2D eigenvalue weighted by atomic mass is 16.5. The van der Waals surface area contributed by atoms with Crippen LogP contribution < -0.4 is 9.64 Å². The summed E-state index contributed by atoms with van der Waals surface area (Å²) in [5.74, 6) is 1.05. The van der Waals surface area contributed by atoms with Gasteiger partial charge < -0.3 is 19.6 Å². The van der Waals surface area contributed by atoms with E-state index in [1.54, 1.807) is 12.0 Å². The third kappa shape index (κ3) is 7.50. The Kier molecular flexibility index (Phi) is 9.83. The van der Waals surface area contributed by atoms with Gasteiger partial charge in [0.25, 0.3) is 6.47 Å². The van der Waals surface area contributed by atoms with Gasteiger partial charge >= 0.3 is 0 Å². The molecule has 1 fully saturated rings.